The second-order valence-corrected chi connectivity index (χ2v) is 13.0. The van der Waals surface area contributed by atoms with Gasteiger partial charge in [-0.05, 0) is 62.0 Å². The summed E-state index contributed by atoms with van der Waals surface area (Å²) in [7, 11) is 0. The van der Waals surface area contributed by atoms with E-state index in [0.717, 1.165) is 55.6 Å². The van der Waals surface area contributed by atoms with E-state index in [9.17, 15) is 0 Å². The molecule has 1 aliphatic heterocycles. The van der Waals surface area contributed by atoms with Crippen molar-refractivity contribution < 1.29 is 4.42 Å². The van der Waals surface area contributed by atoms with E-state index in [4.69, 9.17) is 14.4 Å². The van der Waals surface area contributed by atoms with Crippen molar-refractivity contribution in [3.8, 4) is 22.3 Å². The Morgan fingerprint density at radius 2 is 1.06 bits per heavy atom. The van der Waals surface area contributed by atoms with Crippen LogP contribution in [0.15, 0.2) is 190 Å². The van der Waals surface area contributed by atoms with Gasteiger partial charge in [-0.3, -0.25) is 0 Å². The quantitative estimate of drug-likeness (QED) is 0.188. The number of nitrogens with one attached hydrogen (secondary N) is 1. The highest BCUT2D eigenvalue weighted by molar-refractivity contribution is 6.17. The molecule has 1 atom stereocenters. The zero-order valence-electron chi connectivity index (χ0n) is 27.6. The topological polar surface area (TPSA) is 49.9 Å². The van der Waals surface area contributed by atoms with Crippen LogP contribution in [0.5, 0.6) is 0 Å². The summed E-state index contributed by atoms with van der Waals surface area (Å²) in [6.45, 7) is 0. The molecule has 1 unspecified atom stereocenters. The summed E-state index contributed by atoms with van der Waals surface area (Å²) < 4.78 is 6.54. The molecule has 0 aliphatic carbocycles. The summed E-state index contributed by atoms with van der Waals surface area (Å²) >= 11 is 0. The number of nitrogens with zero attached hydrogens (tertiary/aromatic N) is 2. The van der Waals surface area contributed by atoms with Gasteiger partial charge in [0.2, 0.25) is 0 Å². The largest absolute Gasteiger partial charge is 0.456 e. The van der Waals surface area contributed by atoms with Crippen molar-refractivity contribution in [2.24, 2.45) is 9.98 Å². The summed E-state index contributed by atoms with van der Waals surface area (Å²) in [5.74, 6) is 1.47. The Morgan fingerprint density at radius 3 is 1.86 bits per heavy atom. The molecular formula is C47H31N3O. The lowest BCUT2D eigenvalue weighted by molar-refractivity contribution is 0.662. The fourth-order valence-electron chi connectivity index (χ4n) is 7.46. The van der Waals surface area contributed by atoms with E-state index in [1.165, 1.54) is 32.7 Å². The number of rotatable bonds is 5. The van der Waals surface area contributed by atoms with E-state index in [1.807, 2.05) is 24.3 Å². The van der Waals surface area contributed by atoms with Gasteiger partial charge in [-0.2, -0.15) is 0 Å². The lowest BCUT2D eigenvalue weighted by Gasteiger charge is -2.24. The summed E-state index contributed by atoms with van der Waals surface area (Å²) in [5.41, 5.74) is 9.33. The molecule has 4 nitrogen and oxygen atoms in total. The molecule has 2 heterocycles. The van der Waals surface area contributed by atoms with Crippen LogP contribution in [0.25, 0.3) is 65.7 Å². The van der Waals surface area contributed by atoms with Crippen LogP contribution in [-0.4, -0.2) is 11.7 Å². The van der Waals surface area contributed by atoms with Crippen molar-refractivity contribution in [3.63, 3.8) is 0 Å². The fourth-order valence-corrected chi connectivity index (χ4v) is 7.46. The van der Waals surface area contributed by atoms with Gasteiger partial charge in [-0.15, -0.1) is 0 Å². The van der Waals surface area contributed by atoms with E-state index in [-0.39, 0.29) is 0 Å². The van der Waals surface area contributed by atoms with Crippen molar-refractivity contribution in [2.45, 2.75) is 6.17 Å². The standard InChI is InChI=1S/C47H31N3O/c1-3-11-30(12-4-1)31-21-23-33(24-22-31)38-17-9-19-41-43(38)44-39(18-10-20-42(44)51-41)47-49-45(35-14-5-2-6-15-35)48-46(50-47)36-28-27-34-26-25-32-13-7-8-16-37(32)40(34)29-36/h1-29,47H,(H,48,49,50). The summed E-state index contributed by atoms with van der Waals surface area (Å²) in [5, 5.41) is 10.7. The number of aliphatic imine (C=N–C) groups is 2. The van der Waals surface area contributed by atoms with Crippen LogP contribution in [-0.2, 0) is 0 Å². The fraction of sp³-hybridized carbons (Fsp3) is 0.0213. The average molecular weight is 654 g/mol. The van der Waals surface area contributed by atoms with Crippen LogP contribution in [0.4, 0.5) is 0 Å². The Labute approximate surface area is 295 Å². The molecule has 10 rings (SSSR count). The van der Waals surface area contributed by atoms with Gasteiger partial charge in [0.05, 0.1) is 0 Å². The molecule has 9 aromatic rings. The van der Waals surface area contributed by atoms with Crippen LogP contribution in [0.1, 0.15) is 22.9 Å². The highest BCUT2D eigenvalue weighted by atomic mass is 16.3. The van der Waals surface area contributed by atoms with Gasteiger partial charge in [-0.1, -0.05) is 158 Å². The molecule has 1 N–H and O–H groups in total. The maximum atomic E-state index is 6.54. The van der Waals surface area contributed by atoms with Crippen LogP contribution in [0, 0.1) is 0 Å². The molecule has 8 aromatic carbocycles. The number of fused-ring (bicyclic) bond motifs is 6. The first-order chi connectivity index (χ1) is 25.3. The molecular weight excluding hydrogens is 623 g/mol. The maximum absolute atomic E-state index is 6.54. The highest BCUT2D eigenvalue weighted by Gasteiger charge is 2.25. The average Bonchev–Trinajstić information content (AvgIpc) is 3.60. The van der Waals surface area contributed by atoms with E-state index in [0.29, 0.717) is 5.84 Å². The lowest BCUT2D eigenvalue weighted by atomic mass is 9.95. The van der Waals surface area contributed by atoms with Gasteiger partial charge in [0.15, 0.2) is 5.84 Å². The van der Waals surface area contributed by atoms with E-state index in [2.05, 4.69) is 157 Å². The second-order valence-electron chi connectivity index (χ2n) is 13.0. The van der Waals surface area contributed by atoms with Crippen LogP contribution >= 0.6 is 0 Å². The number of hydrogen-bond donors (Lipinski definition) is 1. The Hall–Kier alpha value is -6.78. The van der Waals surface area contributed by atoms with E-state index < -0.39 is 6.17 Å². The molecule has 51 heavy (non-hydrogen) atoms. The van der Waals surface area contributed by atoms with Gasteiger partial charge in [0.1, 0.15) is 23.2 Å². The Kier molecular flexibility index (Phi) is 6.85. The van der Waals surface area contributed by atoms with E-state index in [1.54, 1.807) is 0 Å². The van der Waals surface area contributed by atoms with Crippen LogP contribution in [0.2, 0.25) is 0 Å². The van der Waals surface area contributed by atoms with Crippen molar-refractivity contribution in [3.05, 3.63) is 193 Å². The first-order valence-corrected chi connectivity index (χ1v) is 17.3. The Balaban J connectivity index is 1.13. The van der Waals surface area contributed by atoms with Gasteiger partial charge in [0, 0.05) is 27.5 Å². The lowest BCUT2D eigenvalue weighted by Crippen LogP contribution is -2.33. The zero-order chi connectivity index (χ0) is 33.7. The highest BCUT2D eigenvalue weighted by Crippen LogP contribution is 2.41. The molecule has 240 valence electrons. The second kappa shape index (κ2) is 12.0. The minimum atomic E-state index is -0.408. The van der Waals surface area contributed by atoms with Gasteiger partial charge in [-0.25, -0.2) is 9.98 Å². The first kappa shape index (κ1) is 29.2. The molecule has 0 saturated heterocycles. The smallest absolute Gasteiger partial charge is 0.159 e. The van der Waals surface area contributed by atoms with Crippen molar-refractivity contribution in [2.75, 3.05) is 0 Å². The van der Waals surface area contributed by atoms with Crippen molar-refractivity contribution >= 4 is 55.2 Å². The number of furan rings is 1. The third kappa shape index (κ3) is 5.08. The normalized spacial score (nSPS) is 14.5. The number of benzene rings is 8. The van der Waals surface area contributed by atoms with Gasteiger partial charge < -0.3 is 9.73 Å². The molecule has 0 saturated carbocycles. The minimum absolute atomic E-state index is 0.408. The first-order valence-electron chi connectivity index (χ1n) is 17.3. The molecule has 0 amide bonds. The number of amidine groups is 2. The predicted octanol–water partition coefficient (Wildman–Crippen LogP) is 11.7. The summed E-state index contributed by atoms with van der Waals surface area (Å²) in [6.07, 6.45) is -0.408. The molecule has 0 radical (unpaired) electrons. The molecule has 0 fully saturated rings. The van der Waals surface area contributed by atoms with E-state index >= 15 is 0 Å². The Morgan fingerprint density at radius 1 is 0.451 bits per heavy atom. The number of hydrogen-bond acceptors (Lipinski definition) is 4. The predicted molar refractivity (Wildman–Crippen MR) is 211 cm³/mol. The monoisotopic (exact) mass is 653 g/mol. The van der Waals surface area contributed by atoms with Crippen molar-refractivity contribution in [1.29, 1.82) is 0 Å². The molecule has 1 aliphatic rings. The molecule has 1 aromatic heterocycles. The third-order valence-electron chi connectivity index (χ3n) is 9.95. The SMILES string of the molecule is c1ccc(C2=NC(c3cccc4oc5cccc(-c6ccc(-c7ccccc7)cc6)c5c34)NC(c3ccc4ccc5ccccc5c4c3)=N2)cc1. The molecule has 0 spiro atoms. The summed E-state index contributed by atoms with van der Waals surface area (Å²) in [6, 6.07) is 61.6. The molecule has 4 heteroatoms. The molecule has 0 bridgehead atoms. The van der Waals surface area contributed by atoms with Crippen LogP contribution < -0.4 is 5.32 Å². The summed E-state index contributed by atoms with van der Waals surface area (Å²) in [4.78, 5) is 10.4. The minimum Gasteiger partial charge on any atom is -0.456 e. The van der Waals surface area contributed by atoms with Crippen molar-refractivity contribution in [1.82, 2.24) is 5.32 Å². The van der Waals surface area contributed by atoms with Crippen LogP contribution in [0.3, 0.4) is 0 Å². The zero-order valence-corrected chi connectivity index (χ0v) is 27.6. The Bertz CT molecular complexity index is 2820. The van der Waals surface area contributed by atoms with Gasteiger partial charge >= 0.3 is 0 Å². The third-order valence-corrected chi connectivity index (χ3v) is 9.95. The van der Waals surface area contributed by atoms with Gasteiger partial charge in [0.25, 0.3) is 0 Å². The maximum Gasteiger partial charge on any atom is 0.159 e.